The van der Waals surface area contributed by atoms with E-state index in [2.05, 4.69) is 15.4 Å². The van der Waals surface area contributed by atoms with Crippen molar-refractivity contribution in [1.29, 1.82) is 0 Å². The van der Waals surface area contributed by atoms with Crippen LogP contribution in [-0.2, 0) is 7.05 Å². The van der Waals surface area contributed by atoms with Crippen LogP contribution in [0.2, 0.25) is 0 Å². The summed E-state index contributed by atoms with van der Waals surface area (Å²) in [7, 11) is 1.57. The molecule has 0 saturated heterocycles. The van der Waals surface area contributed by atoms with Gasteiger partial charge in [0.2, 0.25) is 0 Å². The lowest BCUT2D eigenvalue weighted by Gasteiger charge is -1.81. The second-order valence-corrected chi connectivity index (χ2v) is 2.10. The molecule has 0 aliphatic rings. The van der Waals surface area contributed by atoms with E-state index in [9.17, 15) is 4.79 Å². The zero-order valence-electron chi connectivity index (χ0n) is 5.80. The van der Waals surface area contributed by atoms with Crippen LogP contribution in [0.5, 0.6) is 0 Å². The predicted molar refractivity (Wildman–Crippen MR) is 36.0 cm³/mol. The van der Waals surface area contributed by atoms with Crippen molar-refractivity contribution in [3.8, 4) is 0 Å². The first-order valence-electron chi connectivity index (χ1n) is 3.03. The van der Waals surface area contributed by atoms with Gasteiger partial charge in [-0.2, -0.15) is 0 Å². The Morgan fingerprint density at radius 3 is 3.09 bits per heavy atom. The fourth-order valence-corrected chi connectivity index (χ4v) is 0.843. The van der Waals surface area contributed by atoms with Gasteiger partial charge in [0.15, 0.2) is 5.65 Å². The van der Waals surface area contributed by atoms with Gasteiger partial charge < -0.3 is 0 Å². The molecular weight excluding hydrogens is 146 g/mol. The molecule has 2 heterocycles. The lowest BCUT2D eigenvalue weighted by atomic mass is 10.7. The summed E-state index contributed by atoms with van der Waals surface area (Å²) >= 11 is 0. The van der Waals surface area contributed by atoms with E-state index in [0.29, 0.717) is 5.65 Å². The van der Waals surface area contributed by atoms with Crippen LogP contribution < -0.4 is 5.69 Å². The Labute approximate surface area is 61.1 Å². The number of hydrogen-bond acceptors (Lipinski definition) is 4. The summed E-state index contributed by atoms with van der Waals surface area (Å²) in [6, 6.07) is 1.62. The standard InChI is InChI=1S/C5H5N5O/c1-9-5(11)10-4(7-9)2-3-6-8-10/h2-3H,1H3. The number of fused-ring (bicyclic) bond motifs is 1. The maximum absolute atomic E-state index is 11.1. The van der Waals surface area contributed by atoms with E-state index in [0.717, 1.165) is 4.52 Å². The molecule has 0 N–H and O–H groups in total. The summed E-state index contributed by atoms with van der Waals surface area (Å²) in [4.78, 5) is 11.1. The summed E-state index contributed by atoms with van der Waals surface area (Å²) in [5.41, 5.74) is 0.223. The normalized spacial score (nSPS) is 10.6. The predicted octanol–water partition coefficient (Wildman–Crippen LogP) is -1.18. The summed E-state index contributed by atoms with van der Waals surface area (Å²) < 4.78 is 2.35. The monoisotopic (exact) mass is 151 g/mol. The smallest absolute Gasteiger partial charge is 0.244 e. The molecule has 0 aliphatic carbocycles. The third-order valence-corrected chi connectivity index (χ3v) is 1.36. The van der Waals surface area contributed by atoms with Gasteiger partial charge in [-0.15, -0.1) is 14.7 Å². The molecule has 0 fully saturated rings. The highest BCUT2D eigenvalue weighted by Gasteiger charge is 2.01. The van der Waals surface area contributed by atoms with Crippen molar-refractivity contribution in [3.05, 3.63) is 22.7 Å². The van der Waals surface area contributed by atoms with Crippen molar-refractivity contribution in [2.45, 2.75) is 0 Å². The number of aromatic nitrogens is 5. The van der Waals surface area contributed by atoms with Gasteiger partial charge in [-0.3, -0.25) is 0 Å². The topological polar surface area (TPSA) is 65.1 Å². The molecule has 0 amide bonds. The van der Waals surface area contributed by atoms with Gasteiger partial charge in [0.05, 0.1) is 6.20 Å². The molecule has 0 unspecified atom stereocenters. The molecule has 0 bridgehead atoms. The molecule has 0 aliphatic heterocycles. The maximum Gasteiger partial charge on any atom is 0.368 e. The maximum atomic E-state index is 11.1. The third kappa shape index (κ3) is 0.721. The largest absolute Gasteiger partial charge is 0.368 e. The molecule has 2 aromatic rings. The Morgan fingerprint density at radius 2 is 2.36 bits per heavy atom. The molecular formula is C5H5N5O. The van der Waals surface area contributed by atoms with Crippen LogP contribution in [0.25, 0.3) is 5.65 Å². The third-order valence-electron chi connectivity index (χ3n) is 1.36. The van der Waals surface area contributed by atoms with Crippen molar-refractivity contribution in [3.63, 3.8) is 0 Å². The summed E-state index contributed by atoms with van der Waals surface area (Å²) in [5.74, 6) is 0. The van der Waals surface area contributed by atoms with Gasteiger partial charge in [0, 0.05) is 13.1 Å². The SMILES string of the molecule is Cn1nc2ccnnn2c1=O. The number of nitrogens with zero attached hydrogens (tertiary/aromatic N) is 5. The van der Waals surface area contributed by atoms with E-state index in [1.165, 1.54) is 10.9 Å². The van der Waals surface area contributed by atoms with Gasteiger partial charge in [-0.05, 0) is 0 Å². The van der Waals surface area contributed by atoms with Crippen molar-refractivity contribution in [1.82, 2.24) is 24.6 Å². The second-order valence-electron chi connectivity index (χ2n) is 2.10. The Kier molecular flexibility index (Phi) is 1.03. The minimum Gasteiger partial charge on any atom is -0.244 e. The molecule has 0 radical (unpaired) electrons. The van der Waals surface area contributed by atoms with Crippen LogP contribution in [0.3, 0.4) is 0 Å². The number of rotatable bonds is 0. The molecule has 0 saturated carbocycles. The van der Waals surface area contributed by atoms with Crippen LogP contribution >= 0.6 is 0 Å². The summed E-state index contributed by atoms with van der Waals surface area (Å²) in [5, 5.41) is 11.0. The van der Waals surface area contributed by atoms with E-state index in [1.807, 2.05) is 0 Å². The molecule has 0 aromatic carbocycles. The molecule has 0 spiro atoms. The molecule has 0 atom stereocenters. The number of hydrogen-bond donors (Lipinski definition) is 0. The quantitative estimate of drug-likeness (QED) is 0.475. The Morgan fingerprint density at radius 1 is 1.55 bits per heavy atom. The Hall–Kier alpha value is -1.72. The molecule has 6 heteroatoms. The van der Waals surface area contributed by atoms with E-state index in [-0.39, 0.29) is 5.69 Å². The zero-order chi connectivity index (χ0) is 7.84. The highest BCUT2D eigenvalue weighted by atomic mass is 16.2. The summed E-state index contributed by atoms with van der Waals surface area (Å²) in [6.45, 7) is 0. The molecule has 11 heavy (non-hydrogen) atoms. The molecule has 2 aromatic heterocycles. The fraction of sp³-hybridized carbons (Fsp3) is 0.200. The zero-order valence-corrected chi connectivity index (χ0v) is 5.80. The van der Waals surface area contributed by atoms with Crippen LogP contribution in [0.15, 0.2) is 17.1 Å². The Bertz CT molecular complexity index is 441. The molecule has 2 rings (SSSR count). The van der Waals surface area contributed by atoms with Crippen molar-refractivity contribution < 1.29 is 0 Å². The lowest BCUT2D eigenvalue weighted by Crippen LogP contribution is -2.19. The van der Waals surface area contributed by atoms with Crippen molar-refractivity contribution in [2.24, 2.45) is 7.05 Å². The minimum atomic E-state index is -0.284. The van der Waals surface area contributed by atoms with Crippen LogP contribution in [0.4, 0.5) is 0 Å². The molecule has 6 nitrogen and oxygen atoms in total. The van der Waals surface area contributed by atoms with Crippen molar-refractivity contribution in [2.75, 3.05) is 0 Å². The highest BCUT2D eigenvalue weighted by Crippen LogP contribution is 1.86. The van der Waals surface area contributed by atoms with Gasteiger partial charge in [-0.1, -0.05) is 5.21 Å². The average Bonchev–Trinajstić information content (AvgIpc) is 2.30. The van der Waals surface area contributed by atoms with E-state index in [1.54, 1.807) is 13.1 Å². The average molecular weight is 151 g/mol. The number of aryl methyl sites for hydroxylation is 1. The van der Waals surface area contributed by atoms with Crippen molar-refractivity contribution >= 4 is 5.65 Å². The van der Waals surface area contributed by atoms with Crippen LogP contribution in [-0.4, -0.2) is 24.6 Å². The van der Waals surface area contributed by atoms with Gasteiger partial charge in [-0.25, -0.2) is 9.48 Å². The molecule has 56 valence electrons. The van der Waals surface area contributed by atoms with Gasteiger partial charge in [0.1, 0.15) is 0 Å². The van der Waals surface area contributed by atoms with Crippen LogP contribution in [0.1, 0.15) is 0 Å². The van der Waals surface area contributed by atoms with E-state index < -0.39 is 0 Å². The first kappa shape index (κ1) is 6.02. The highest BCUT2D eigenvalue weighted by molar-refractivity contribution is 5.31. The summed E-state index contributed by atoms with van der Waals surface area (Å²) in [6.07, 6.45) is 1.49. The minimum absolute atomic E-state index is 0.284. The van der Waals surface area contributed by atoms with Crippen LogP contribution in [0, 0.1) is 0 Å². The first-order valence-corrected chi connectivity index (χ1v) is 3.03. The van der Waals surface area contributed by atoms with Gasteiger partial charge >= 0.3 is 5.69 Å². The lowest BCUT2D eigenvalue weighted by molar-refractivity contribution is 0.699. The van der Waals surface area contributed by atoms with Gasteiger partial charge in [0.25, 0.3) is 0 Å². The Balaban J connectivity index is 3.04. The fourth-order valence-electron chi connectivity index (χ4n) is 0.843. The van der Waals surface area contributed by atoms with E-state index >= 15 is 0 Å². The van der Waals surface area contributed by atoms with E-state index in [4.69, 9.17) is 0 Å². The first-order chi connectivity index (χ1) is 5.29. The second kappa shape index (κ2) is 1.88.